The lowest BCUT2D eigenvalue weighted by Gasteiger charge is -2.24. The number of aldehydes is 1. The van der Waals surface area contributed by atoms with Crippen molar-refractivity contribution in [1.29, 1.82) is 0 Å². The lowest BCUT2D eigenvalue weighted by Crippen LogP contribution is -2.33. The molecule has 0 fully saturated rings. The van der Waals surface area contributed by atoms with Crippen LogP contribution in [0.15, 0.2) is 0 Å². The Morgan fingerprint density at radius 3 is 2.73 bits per heavy atom. The molecule has 0 aromatic carbocycles. The van der Waals surface area contributed by atoms with Gasteiger partial charge in [0.15, 0.2) is 16.6 Å². The zero-order valence-electron chi connectivity index (χ0n) is 8.61. The lowest BCUT2D eigenvalue weighted by molar-refractivity contribution is 0.112. The normalized spacial score (nSPS) is 10.7. The Bertz CT molecular complexity index is 341. The van der Waals surface area contributed by atoms with Gasteiger partial charge in [-0.15, -0.1) is 0 Å². The van der Waals surface area contributed by atoms with E-state index in [0.717, 1.165) is 0 Å². The van der Waals surface area contributed by atoms with Gasteiger partial charge in [0.2, 0.25) is 0 Å². The number of hydrogen-bond donors (Lipinski definition) is 1. The van der Waals surface area contributed by atoms with E-state index >= 15 is 0 Å². The fraction of sp³-hybridized carbons (Fsp3) is 0.556. The first-order valence-corrected chi connectivity index (χ1v) is 5.78. The molecule has 1 heterocycles. The molecule has 1 rings (SSSR count). The van der Waals surface area contributed by atoms with Crippen LogP contribution in [0.25, 0.3) is 0 Å². The molecule has 1 N–H and O–H groups in total. The average molecular weight is 249 g/mol. The van der Waals surface area contributed by atoms with Crippen molar-refractivity contribution in [2.75, 3.05) is 18.1 Å². The summed E-state index contributed by atoms with van der Waals surface area (Å²) in [5.74, 6) is 0. The average Bonchev–Trinajstić information content (AvgIpc) is 2.55. The van der Waals surface area contributed by atoms with Gasteiger partial charge in [0.1, 0.15) is 4.88 Å². The number of thiazole rings is 1. The SMILES string of the molecule is CC(C)N(CCO)c1nc(Cl)c(C=O)s1. The number of aliphatic hydroxyl groups is 1. The number of aliphatic hydroxyl groups excluding tert-OH is 1. The first-order valence-electron chi connectivity index (χ1n) is 4.59. The second kappa shape index (κ2) is 5.44. The molecule has 0 saturated carbocycles. The van der Waals surface area contributed by atoms with E-state index in [1.165, 1.54) is 11.3 Å². The minimum atomic E-state index is 0.0474. The lowest BCUT2D eigenvalue weighted by atomic mass is 10.3. The third kappa shape index (κ3) is 2.90. The summed E-state index contributed by atoms with van der Waals surface area (Å²) < 4.78 is 0. The van der Waals surface area contributed by atoms with Crippen LogP contribution < -0.4 is 4.90 Å². The molecule has 0 aliphatic rings. The predicted octanol–water partition coefficient (Wildman–Crippen LogP) is 1.82. The van der Waals surface area contributed by atoms with Gasteiger partial charge in [-0.25, -0.2) is 4.98 Å². The molecular formula is C9H13ClN2O2S. The number of halogens is 1. The molecule has 0 atom stereocenters. The predicted molar refractivity (Wildman–Crippen MR) is 62.1 cm³/mol. The molecule has 0 radical (unpaired) electrons. The van der Waals surface area contributed by atoms with Crippen molar-refractivity contribution in [2.24, 2.45) is 0 Å². The molecular weight excluding hydrogens is 236 g/mol. The number of anilines is 1. The van der Waals surface area contributed by atoms with Crippen LogP contribution in [0.5, 0.6) is 0 Å². The number of aromatic nitrogens is 1. The van der Waals surface area contributed by atoms with E-state index in [1.54, 1.807) is 0 Å². The van der Waals surface area contributed by atoms with E-state index in [2.05, 4.69) is 4.98 Å². The molecule has 0 spiro atoms. The smallest absolute Gasteiger partial charge is 0.187 e. The van der Waals surface area contributed by atoms with Crippen molar-refractivity contribution in [3.8, 4) is 0 Å². The molecule has 6 heteroatoms. The minimum absolute atomic E-state index is 0.0474. The molecule has 0 aliphatic carbocycles. The number of hydrogen-bond acceptors (Lipinski definition) is 5. The van der Waals surface area contributed by atoms with Gasteiger partial charge < -0.3 is 10.0 Å². The summed E-state index contributed by atoms with van der Waals surface area (Å²) in [5.41, 5.74) is 0. The summed E-state index contributed by atoms with van der Waals surface area (Å²) >= 11 is 7.01. The fourth-order valence-electron chi connectivity index (χ4n) is 1.18. The van der Waals surface area contributed by atoms with Crippen LogP contribution in [0.4, 0.5) is 5.13 Å². The first-order chi connectivity index (χ1) is 7.10. The Balaban J connectivity index is 2.95. The molecule has 1 aromatic heterocycles. The highest BCUT2D eigenvalue weighted by atomic mass is 35.5. The second-order valence-corrected chi connectivity index (χ2v) is 4.65. The highest BCUT2D eigenvalue weighted by molar-refractivity contribution is 7.17. The third-order valence-corrected chi connectivity index (χ3v) is 3.33. The van der Waals surface area contributed by atoms with Crippen LogP contribution in [-0.2, 0) is 0 Å². The molecule has 15 heavy (non-hydrogen) atoms. The van der Waals surface area contributed by atoms with Crippen molar-refractivity contribution in [2.45, 2.75) is 19.9 Å². The van der Waals surface area contributed by atoms with Crippen molar-refractivity contribution in [3.05, 3.63) is 10.0 Å². The topological polar surface area (TPSA) is 53.4 Å². The molecule has 0 saturated heterocycles. The van der Waals surface area contributed by atoms with Gasteiger partial charge in [0.25, 0.3) is 0 Å². The molecule has 0 aliphatic heterocycles. The standard InChI is InChI=1S/C9H13ClN2O2S/c1-6(2)12(3-4-13)9-11-8(10)7(5-14)15-9/h5-6,13H,3-4H2,1-2H3. The van der Waals surface area contributed by atoms with Crippen LogP contribution in [-0.4, -0.2) is 35.6 Å². The summed E-state index contributed by atoms with van der Waals surface area (Å²) in [6.45, 7) is 4.52. The monoisotopic (exact) mass is 248 g/mol. The Labute approximate surface area is 97.5 Å². The van der Waals surface area contributed by atoms with Crippen LogP contribution in [0.3, 0.4) is 0 Å². The molecule has 0 amide bonds. The van der Waals surface area contributed by atoms with E-state index < -0.39 is 0 Å². The highest BCUT2D eigenvalue weighted by Crippen LogP contribution is 2.29. The molecule has 84 valence electrons. The summed E-state index contributed by atoms with van der Waals surface area (Å²) in [6.07, 6.45) is 0.695. The van der Waals surface area contributed by atoms with Crippen molar-refractivity contribution < 1.29 is 9.90 Å². The van der Waals surface area contributed by atoms with Gasteiger partial charge in [-0.3, -0.25) is 4.79 Å². The van der Waals surface area contributed by atoms with E-state index in [-0.39, 0.29) is 17.8 Å². The van der Waals surface area contributed by atoms with E-state index in [9.17, 15) is 4.79 Å². The van der Waals surface area contributed by atoms with Gasteiger partial charge in [0.05, 0.1) is 6.61 Å². The Morgan fingerprint density at radius 1 is 1.67 bits per heavy atom. The number of rotatable bonds is 5. The summed E-state index contributed by atoms with van der Waals surface area (Å²) in [4.78, 5) is 17.0. The van der Waals surface area contributed by atoms with Crippen molar-refractivity contribution in [3.63, 3.8) is 0 Å². The second-order valence-electron chi connectivity index (χ2n) is 3.28. The molecule has 1 aromatic rings. The minimum Gasteiger partial charge on any atom is -0.395 e. The van der Waals surface area contributed by atoms with Gasteiger partial charge >= 0.3 is 0 Å². The maximum atomic E-state index is 10.6. The summed E-state index contributed by atoms with van der Waals surface area (Å²) in [6, 6.07) is 0.207. The van der Waals surface area contributed by atoms with Crippen LogP contribution >= 0.6 is 22.9 Å². The van der Waals surface area contributed by atoms with Gasteiger partial charge in [-0.1, -0.05) is 22.9 Å². The largest absolute Gasteiger partial charge is 0.395 e. The highest BCUT2D eigenvalue weighted by Gasteiger charge is 2.16. The van der Waals surface area contributed by atoms with Crippen LogP contribution in [0, 0.1) is 0 Å². The zero-order chi connectivity index (χ0) is 11.4. The number of carbonyl (C=O) groups excluding carboxylic acids is 1. The Morgan fingerprint density at radius 2 is 2.33 bits per heavy atom. The quantitative estimate of drug-likeness (QED) is 0.808. The Kier molecular flexibility index (Phi) is 4.50. The summed E-state index contributed by atoms with van der Waals surface area (Å²) in [5, 5.41) is 9.82. The fourth-order valence-corrected chi connectivity index (χ4v) is 2.40. The summed E-state index contributed by atoms with van der Waals surface area (Å²) in [7, 11) is 0. The Hall–Kier alpha value is -0.650. The first kappa shape index (κ1) is 12.4. The maximum Gasteiger partial charge on any atom is 0.187 e. The number of carbonyl (C=O) groups is 1. The van der Waals surface area contributed by atoms with Crippen molar-refractivity contribution in [1.82, 2.24) is 4.98 Å². The van der Waals surface area contributed by atoms with Gasteiger partial charge in [-0.2, -0.15) is 0 Å². The van der Waals surface area contributed by atoms with Gasteiger partial charge in [-0.05, 0) is 13.8 Å². The molecule has 0 bridgehead atoms. The van der Waals surface area contributed by atoms with Crippen LogP contribution in [0.1, 0.15) is 23.5 Å². The zero-order valence-corrected chi connectivity index (χ0v) is 10.2. The number of nitrogens with zero attached hydrogens (tertiary/aromatic N) is 2. The molecule has 0 unspecified atom stereocenters. The van der Waals surface area contributed by atoms with E-state index in [1.807, 2.05) is 18.7 Å². The van der Waals surface area contributed by atoms with Crippen LogP contribution in [0.2, 0.25) is 5.15 Å². The maximum absolute atomic E-state index is 10.6. The third-order valence-electron chi connectivity index (χ3n) is 1.92. The van der Waals surface area contributed by atoms with E-state index in [4.69, 9.17) is 16.7 Å². The van der Waals surface area contributed by atoms with Crippen molar-refractivity contribution >= 4 is 34.4 Å². The van der Waals surface area contributed by atoms with E-state index in [0.29, 0.717) is 22.8 Å². The molecule has 4 nitrogen and oxygen atoms in total. The van der Waals surface area contributed by atoms with Gasteiger partial charge in [0, 0.05) is 12.6 Å².